The Hall–Kier alpha value is -3.74. The molecule has 1 amide bonds. The van der Waals surface area contributed by atoms with Gasteiger partial charge in [0.25, 0.3) is 0 Å². The minimum Gasteiger partial charge on any atom is -0.340 e. The Morgan fingerprint density at radius 2 is 1.75 bits per heavy atom. The fourth-order valence-corrected chi connectivity index (χ4v) is 3.06. The monoisotopic (exact) mass is 373 g/mol. The second kappa shape index (κ2) is 7.48. The second-order valence-electron chi connectivity index (χ2n) is 6.56. The Balaban J connectivity index is 1.48. The second-order valence-corrected chi connectivity index (χ2v) is 6.56. The molecule has 2 heterocycles. The molecule has 0 aliphatic rings. The Morgan fingerprint density at radius 1 is 1.00 bits per heavy atom. The van der Waals surface area contributed by atoms with Crippen molar-refractivity contribution in [2.24, 2.45) is 0 Å². The lowest BCUT2D eigenvalue weighted by Gasteiger charge is -2.17. The van der Waals surface area contributed by atoms with Crippen molar-refractivity contribution in [1.29, 1.82) is 0 Å². The molecule has 2 aromatic carbocycles. The van der Waals surface area contributed by atoms with Gasteiger partial charge in [-0.25, -0.2) is 4.68 Å². The van der Waals surface area contributed by atoms with E-state index in [1.54, 1.807) is 45.7 Å². The van der Waals surface area contributed by atoms with Crippen LogP contribution in [0, 0.1) is 0 Å². The summed E-state index contributed by atoms with van der Waals surface area (Å²) >= 11 is 0. The molecule has 0 saturated carbocycles. The number of benzene rings is 2. The first-order valence-electron chi connectivity index (χ1n) is 8.89. The van der Waals surface area contributed by atoms with Crippen molar-refractivity contribution < 1.29 is 4.79 Å². The first kappa shape index (κ1) is 17.7. The fraction of sp³-hybridized carbons (Fsp3) is 0.143. The number of rotatable bonds is 5. The third-order valence-electron chi connectivity index (χ3n) is 4.55. The fourth-order valence-electron chi connectivity index (χ4n) is 3.06. The van der Waals surface area contributed by atoms with E-state index in [9.17, 15) is 9.59 Å². The van der Waals surface area contributed by atoms with Crippen LogP contribution in [0.3, 0.4) is 0 Å². The lowest BCUT2D eigenvalue weighted by Crippen LogP contribution is -2.31. The molecule has 28 heavy (non-hydrogen) atoms. The number of nitrogens with zero attached hydrogens (tertiary/aromatic N) is 5. The number of carbonyl (C=O) groups is 1. The molecule has 0 N–H and O–H groups in total. The predicted octanol–water partition coefficient (Wildman–Crippen LogP) is 2.24. The summed E-state index contributed by atoms with van der Waals surface area (Å²) in [6, 6.07) is 17.0. The average molecular weight is 373 g/mol. The lowest BCUT2D eigenvalue weighted by atomic mass is 10.2. The van der Waals surface area contributed by atoms with E-state index in [0.29, 0.717) is 17.4 Å². The van der Waals surface area contributed by atoms with Crippen LogP contribution in [0.4, 0.5) is 0 Å². The summed E-state index contributed by atoms with van der Waals surface area (Å²) in [7, 11) is 1.74. The van der Waals surface area contributed by atoms with Crippen LogP contribution in [0.2, 0.25) is 0 Å². The van der Waals surface area contributed by atoms with Gasteiger partial charge in [-0.15, -0.1) is 0 Å². The number of likely N-dealkylation sites (N-methyl/N-ethyl adjacent to an activating group) is 1. The summed E-state index contributed by atoms with van der Waals surface area (Å²) in [5, 5.41) is 9.03. The molecular formula is C21H19N5O2. The smallest absolute Gasteiger partial charge is 0.244 e. The summed E-state index contributed by atoms with van der Waals surface area (Å²) < 4.78 is 3.34. The maximum atomic E-state index is 12.7. The normalized spacial score (nSPS) is 10.9. The minimum absolute atomic E-state index is 0.0596. The molecule has 0 aliphatic carbocycles. The molecule has 7 nitrogen and oxygen atoms in total. The number of aromatic nitrogens is 4. The summed E-state index contributed by atoms with van der Waals surface area (Å²) in [6.07, 6.45) is 4.91. The third-order valence-corrected chi connectivity index (χ3v) is 4.55. The van der Waals surface area contributed by atoms with Crippen molar-refractivity contribution in [3.05, 3.63) is 89.0 Å². The summed E-state index contributed by atoms with van der Waals surface area (Å²) in [5.41, 5.74) is 2.39. The van der Waals surface area contributed by atoms with Crippen molar-refractivity contribution in [2.75, 3.05) is 7.05 Å². The van der Waals surface area contributed by atoms with E-state index in [1.165, 1.54) is 6.20 Å². The van der Waals surface area contributed by atoms with Crippen LogP contribution >= 0.6 is 0 Å². The molecule has 2 aromatic heterocycles. The van der Waals surface area contributed by atoms with E-state index < -0.39 is 0 Å². The van der Waals surface area contributed by atoms with Crippen LogP contribution in [-0.4, -0.2) is 37.4 Å². The van der Waals surface area contributed by atoms with Crippen molar-refractivity contribution >= 4 is 16.8 Å². The molecule has 0 radical (unpaired) electrons. The topological polar surface area (TPSA) is 73.0 Å². The highest BCUT2D eigenvalue weighted by molar-refractivity contribution is 5.81. The average Bonchev–Trinajstić information content (AvgIpc) is 3.19. The van der Waals surface area contributed by atoms with Gasteiger partial charge in [-0.1, -0.05) is 30.3 Å². The van der Waals surface area contributed by atoms with Crippen molar-refractivity contribution in [3.63, 3.8) is 0 Å². The molecule has 0 aliphatic heterocycles. The van der Waals surface area contributed by atoms with E-state index in [1.807, 2.05) is 42.6 Å². The van der Waals surface area contributed by atoms with Gasteiger partial charge in [-0.05, 0) is 24.3 Å². The molecule has 4 aromatic rings. The van der Waals surface area contributed by atoms with Crippen LogP contribution in [-0.2, 0) is 17.9 Å². The Bertz CT molecular complexity index is 1180. The van der Waals surface area contributed by atoms with Gasteiger partial charge in [-0.3, -0.25) is 14.3 Å². The highest BCUT2D eigenvalue weighted by atomic mass is 16.2. The Kier molecular flexibility index (Phi) is 4.72. The quantitative estimate of drug-likeness (QED) is 0.538. The lowest BCUT2D eigenvalue weighted by molar-refractivity contribution is -0.131. The van der Waals surface area contributed by atoms with Gasteiger partial charge in [0.1, 0.15) is 6.54 Å². The van der Waals surface area contributed by atoms with Crippen molar-refractivity contribution in [1.82, 2.24) is 24.5 Å². The van der Waals surface area contributed by atoms with E-state index >= 15 is 0 Å². The molecule has 140 valence electrons. The van der Waals surface area contributed by atoms with E-state index in [0.717, 1.165) is 11.3 Å². The summed E-state index contributed by atoms with van der Waals surface area (Å²) in [4.78, 5) is 26.2. The van der Waals surface area contributed by atoms with Gasteiger partial charge in [0.15, 0.2) is 0 Å². The van der Waals surface area contributed by atoms with Crippen LogP contribution in [0.25, 0.3) is 16.6 Å². The van der Waals surface area contributed by atoms with Crippen LogP contribution < -0.4 is 5.43 Å². The third kappa shape index (κ3) is 3.55. The Morgan fingerprint density at radius 3 is 2.57 bits per heavy atom. The zero-order chi connectivity index (χ0) is 19.5. The molecular weight excluding hydrogens is 354 g/mol. The van der Waals surface area contributed by atoms with Crippen molar-refractivity contribution in [3.8, 4) is 5.69 Å². The largest absolute Gasteiger partial charge is 0.340 e. The standard InChI is InChI=1S/C21H19N5O2/c1-24(13-16-11-22-25(14-16)17-7-3-2-4-8-17)21(28)15-26-19-10-6-5-9-18(19)20(27)12-23-26/h2-12,14H,13,15H2,1H3. The number of hydrogen-bond acceptors (Lipinski definition) is 4. The van der Waals surface area contributed by atoms with Crippen molar-refractivity contribution in [2.45, 2.75) is 13.1 Å². The molecule has 0 spiro atoms. The highest BCUT2D eigenvalue weighted by Crippen LogP contribution is 2.11. The molecule has 4 rings (SSSR count). The summed E-state index contributed by atoms with van der Waals surface area (Å²) in [6.45, 7) is 0.494. The van der Waals surface area contributed by atoms with E-state index in [2.05, 4.69) is 10.2 Å². The molecule has 7 heteroatoms. The molecule has 0 unspecified atom stereocenters. The van der Waals surface area contributed by atoms with Gasteiger partial charge in [0.05, 0.1) is 23.6 Å². The first-order valence-corrected chi connectivity index (χ1v) is 8.89. The number of amides is 1. The van der Waals surface area contributed by atoms with Gasteiger partial charge < -0.3 is 4.90 Å². The van der Waals surface area contributed by atoms with Gasteiger partial charge in [0, 0.05) is 30.7 Å². The summed E-state index contributed by atoms with van der Waals surface area (Å²) in [5.74, 6) is -0.103. The van der Waals surface area contributed by atoms with Crippen LogP contribution in [0.5, 0.6) is 0 Å². The van der Waals surface area contributed by atoms with E-state index in [4.69, 9.17) is 0 Å². The number of fused-ring (bicyclic) bond motifs is 1. The SMILES string of the molecule is CN(Cc1cnn(-c2ccccc2)c1)C(=O)Cn1ncc(=O)c2ccccc21. The highest BCUT2D eigenvalue weighted by Gasteiger charge is 2.13. The van der Waals surface area contributed by atoms with Crippen LogP contribution in [0.1, 0.15) is 5.56 Å². The molecule has 0 atom stereocenters. The predicted molar refractivity (Wildman–Crippen MR) is 106 cm³/mol. The number of hydrogen-bond donors (Lipinski definition) is 0. The maximum absolute atomic E-state index is 12.7. The minimum atomic E-state index is -0.152. The first-order chi connectivity index (χ1) is 13.6. The zero-order valence-corrected chi connectivity index (χ0v) is 15.4. The zero-order valence-electron chi connectivity index (χ0n) is 15.4. The van der Waals surface area contributed by atoms with Crippen LogP contribution in [0.15, 0.2) is 78.0 Å². The Labute approximate surface area is 161 Å². The number of para-hydroxylation sites is 2. The molecule has 0 fully saturated rings. The number of carbonyl (C=O) groups excluding carboxylic acids is 1. The van der Waals surface area contributed by atoms with E-state index in [-0.39, 0.29) is 17.9 Å². The van der Waals surface area contributed by atoms with Gasteiger partial charge in [-0.2, -0.15) is 10.2 Å². The van der Waals surface area contributed by atoms with Gasteiger partial charge >= 0.3 is 0 Å². The molecule has 0 saturated heterocycles. The maximum Gasteiger partial charge on any atom is 0.244 e. The molecule has 0 bridgehead atoms. The van der Waals surface area contributed by atoms with Gasteiger partial charge in [0.2, 0.25) is 11.3 Å².